The van der Waals surface area contributed by atoms with E-state index >= 15 is 0 Å². The van der Waals surface area contributed by atoms with Gasteiger partial charge in [-0.25, -0.2) is 0 Å². The van der Waals surface area contributed by atoms with E-state index in [9.17, 15) is 4.79 Å². The number of aryl methyl sites for hydroxylation is 1. The van der Waals surface area contributed by atoms with Gasteiger partial charge in [0.2, 0.25) is 0 Å². The van der Waals surface area contributed by atoms with Crippen LogP contribution in [0.25, 0.3) is 0 Å². The highest BCUT2D eigenvalue weighted by atomic mass is 16.2. The molecule has 1 saturated heterocycles. The van der Waals surface area contributed by atoms with E-state index in [0.29, 0.717) is 12.2 Å². The maximum Gasteiger partial charge on any atom is 0.274 e. The summed E-state index contributed by atoms with van der Waals surface area (Å²) in [5.74, 6) is -0.0106. The van der Waals surface area contributed by atoms with Crippen LogP contribution in [0.2, 0.25) is 0 Å². The normalized spacial score (nSPS) is 18.1. The third kappa shape index (κ3) is 4.00. The van der Waals surface area contributed by atoms with Gasteiger partial charge in [-0.05, 0) is 57.0 Å². The van der Waals surface area contributed by atoms with E-state index in [1.165, 1.54) is 0 Å². The lowest BCUT2D eigenvalue weighted by Crippen LogP contribution is -2.40. The number of rotatable bonds is 5. The second-order valence-electron chi connectivity index (χ2n) is 6.22. The smallest absolute Gasteiger partial charge is 0.274 e. The molecule has 6 nitrogen and oxygen atoms in total. The van der Waals surface area contributed by atoms with Crippen molar-refractivity contribution in [2.75, 3.05) is 13.1 Å². The second-order valence-corrected chi connectivity index (χ2v) is 6.22. The molecule has 3 rings (SSSR count). The molecule has 6 heteroatoms. The Labute approximate surface area is 142 Å². The first-order valence-electron chi connectivity index (χ1n) is 8.74. The Morgan fingerprint density at radius 2 is 2.25 bits per heavy atom. The average Bonchev–Trinajstić information content (AvgIpc) is 2.95. The first-order chi connectivity index (χ1) is 11.8. The number of aromatic amines is 1. The van der Waals surface area contributed by atoms with E-state index in [1.807, 2.05) is 36.1 Å². The molecule has 1 aliphatic heterocycles. The molecule has 0 saturated carbocycles. The highest BCUT2D eigenvalue weighted by Crippen LogP contribution is 2.19. The third-order valence-electron chi connectivity index (χ3n) is 4.54. The summed E-state index contributed by atoms with van der Waals surface area (Å²) in [6.45, 7) is 4.53. The standard InChI is InChI=1S/C18H25N5O/c1-2-14-12-17(22-21-14)18(24)23(13-15-6-3-4-10-20-15)16-7-5-9-19-11-8-16/h3-4,6,10,12,16,19H,2,5,7-9,11,13H2,1H3,(H,21,22)/t16-/m1/s1. The minimum atomic E-state index is -0.0106. The Morgan fingerprint density at radius 1 is 1.33 bits per heavy atom. The molecular formula is C18H25N5O. The van der Waals surface area contributed by atoms with Crippen molar-refractivity contribution < 1.29 is 4.79 Å². The van der Waals surface area contributed by atoms with E-state index in [2.05, 4.69) is 20.5 Å². The molecule has 2 aromatic rings. The monoisotopic (exact) mass is 327 g/mol. The van der Waals surface area contributed by atoms with E-state index in [1.54, 1.807) is 6.20 Å². The molecule has 0 spiro atoms. The lowest BCUT2D eigenvalue weighted by atomic mass is 10.1. The zero-order valence-corrected chi connectivity index (χ0v) is 14.2. The summed E-state index contributed by atoms with van der Waals surface area (Å²) in [5.41, 5.74) is 2.40. The van der Waals surface area contributed by atoms with Gasteiger partial charge >= 0.3 is 0 Å². The fraction of sp³-hybridized carbons (Fsp3) is 0.500. The largest absolute Gasteiger partial charge is 0.328 e. The van der Waals surface area contributed by atoms with E-state index in [0.717, 1.165) is 50.2 Å². The molecule has 1 aliphatic rings. The van der Waals surface area contributed by atoms with Gasteiger partial charge in [-0.1, -0.05) is 13.0 Å². The highest BCUT2D eigenvalue weighted by molar-refractivity contribution is 5.92. The Kier molecular flexibility index (Phi) is 5.59. The topological polar surface area (TPSA) is 73.9 Å². The Balaban J connectivity index is 1.83. The van der Waals surface area contributed by atoms with Gasteiger partial charge in [0, 0.05) is 17.9 Å². The van der Waals surface area contributed by atoms with Crippen LogP contribution in [0.4, 0.5) is 0 Å². The summed E-state index contributed by atoms with van der Waals surface area (Å²) in [5, 5.41) is 10.6. The van der Waals surface area contributed by atoms with Crippen molar-refractivity contribution >= 4 is 5.91 Å². The van der Waals surface area contributed by atoms with Crippen molar-refractivity contribution in [3.8, 4) is 0 Å². The summed E-state index contributed by atoms with van der Waals surface area (Å²) in [6, 6.07) is 7.91. The number of hydrogen-bond donors (Lipinski definition) is 2. The zero-order valence-electron chi connectivity index (χ0n) is 14.2. The second kappa shape index (κ2) is 8.06. The van der Waals surface area contributed by atoms with Gasteiger partial charge < -0.3 is 10.2 Å². The van der Waals surface area contributed by atoms with Gasteiger partial charge in [-0.3, -0.25) is 14.9 Å². The van der Waals surface area contributed by atoms with Gasteiger partial charge in [-0.15, -0.1) is 0 Å². The number of amides is 1. The molecule has 2 aromatic heterocycles. The van der Waals surface area contributed by atoms with Crippen molar-refractivity contribution in [1.82, 2.24) is 25.4 Å². The fourth-order valence-corrected chi connectivity index (χ4v) is 3.14. The predicted molar refractivity (Wildman–Crippen MR) is 92.6 cm³/mol. The molecule has 0 radical (unpaired) electrons. The van der Waals surface area contributed by atoms with Gasteiger partial charge in [0.25, 0.3) is 5.91 Å². The van der Waals surface area contributed by atoms with E-state index in [-0.39, 0.29) is 11.9 Å². The Morgan fingerprint density at radius 3 is 3.00 bits per heavy atom. The summed E-state index contributed by atoms with van der Waals surface area (Å²) in [6.07, 6.45) is 5.67. The molecule has 2 N–H and O–H groups in total. The molecule has 3 heterocycles. The molecule has 0 aromatic carbocycles. The maximum atomic E-state index is 13.1. The number of carbonyl (C=O) groups excluding carboxylic acids is 1. The number of nitrogens with zero attached hydrogens (tertiary/aromatic N) is 3. The van der Waals surface area contributed by atoms with Crippen LogP contribution in [0.3, 0.4) is 0 Å². The summed E-state index contributed by atoms with van der Waals surface area (Å²) < 4.78 is 0. The van der Waals surface area contributed by atoms with Crippen LogP contribution in [-0.2, 0) is 13.0 Å². The van der Waals surface area contributed by atoms with Crippen LogP contribution in [0, 0.1) is 0 Å². The number of H-pyrrole nitrogens is 1. The van der Waals surface area contributed by atoms with E-state index in [4.69, 9.17) is 0 Å². The lowest BCUT2D eigenvalue weighted by molar-refractivity contribution is 0.0636. The highest BCUT2D eigenvalue weighted by Gasteiger charge is 2.27. The van der Waals surface area contributed by atoms with Gasteiger partial charge in [0.1, 0.15) is 5.69 Å². The van der Waals surface area contributed by atoms with Crippen molar-refractivity contribution in [2.24, 2.45) is 0 Å². The van der Waals surface area contributed by atoms with Gasteiger partial charge in [0.15, 0.2) is 0 Å². The first-order valence-corrected chi connectivity index (χ1v) is 8.74. The summed E-state index contributed by atoms with van der Waals surface area (Å²) in [7, 11) is 0. The third-order valence-corrected chi connectivity index (χ3v) is 4.54. The van der Waals surface area contributed by atoms with Crippen LogP contribution in [0.5, 0.6) is 0 Å². The molecule has 1 atom stereocenters. The molecule has 0 bridgehead atoms. The number of pyridine rings is 1. The molecule has 128 valence electrons. The summed E-state index contributed by atoms with van der Waals surface area (Å²) in [4.78, 5) is 19.4. The quantitative estimate of drug-likeness (QED) is 0.882. The SMILES string of the molecule is CCc1cc(C(=O)N(Cc2ccccn2)[C@@H]2CCCNCC2)n[nH]1. The Hall–Kier alpha value is -2.21. The Bertz CT molecular complexity index is 646. The fourth-order valence-electron chi connectivity index (χ4n) is 3.14. The number of aromatic nitrogens is 3. The minimum absolute atomic E-state index is 0.0106. The van der Waals surface area contributed by atoms with E-state index < -0.39 is 0 Å². The molecule has 0 aliphatic carbocycles. The number of carbonyl (C=O) groups is 1. The molecule has 1 fully saturated rings. The predicted octanol–water partition coefficient (Wildman–Crippen LogP) is 2.15. The van der Waals surface area contributed by atoms with Crippen molar-refractivity contribution in [3.05, 3.63) is 47.5 Å². The van der Waals surface area contributed by atoms with Crippen LogP contribution < -0.4 is 5.32 Å². The van der Waals surface area contributed by atoms with Crippen LogP contribution in [-0.4, -0.2) is 45.1 Å². The minimum Gasteiger partial charge on any atom is -0.328 e. The van der Waals surface area contributed by atoms with Crippen LogP contribution in [0.1, 0.15) is 48.1 Å². The van der Waals surface area contributed by atoms with Crippen LogP contribution in [0.15, 0.2) is 30.5 Å². The average molecular weight is 327 g/mol. The van der Waals surface area contributed by atoms with Gasteiger partial charge in [-0.2, -0.15) is 5.10 Å². The summed E-state index contributed by atoms with van der Waals surface area (Å²) >= 11 is 0. The molecule has 0 unspecified atom stereocenters. The zero-order chi connectivity index (χ0) is 16.8. The number of hydrogen-bond acceptors (Lipinski definition) is 4. The van der Waals surface area contributed by atoms with Crippen molar-refractivity contribution in [2.45, 2.75) is 45.2 Å². The lowest BCUT2D eigenvalue weighted by Gasteiger charge is -2.30. The molecule has 24 heavy (non-hydrogen) atoms. The first kappa shape index (κ1) is 16.6. The van der Waals surface area contributed by atoms with Crippen molar-refractivity contribution in [3.63, 3.8) is 0 Å². The van der Waals surface area contributed by atoms with Crippen LogP contribution >= 0.6 is 0 Å². The molecule has 1 amide bonds. The van der Waals surface area contributed by atoms with Gasteiger partial charge in [0.05, 0.1) is 12.2 Å². The van der Waals surface area contributed by atoms with Crippen molar-refractivity contribution in [1.29, 1.82) is 0 Å². The number of nitrogens with one attached hydrogen (secondary N) is 2. The maximum absolute atomic E-state index is 13.1. The molecular weight excluding hydrogens is 302 g/mol.